The molecule has 0 radical (unpaired) electrons. The van der Waals surface area contributed by atoms with E-state index in [9.17, 15) is 0 Å². The second-order valence-electron chi connectivity index (χ2n) is 5.80. The number of fused-ring (bicyclic) bond motifs is 3. The molecule has 0 aromatic carbocycles. The molecule has 84 valence electrons. The van der Waals surface area contributed by atoms with E-state index in [1.165, 1.54) is 51.5 Å². The Morgan fingerprint density at radius 2 is 1.80 bits per heavy atom. The van der Waals surface area contributed by atoms with Crippen LogP contribution < -0.4 is 5.32 Å². The molecule has 3 aliphatic rings. The fourth-order valence-electron chi connectivity index (χ4n) is 4.29. The molecule has 4 atom stereocenters. The Balaban J connectivity index is 1.82. The zero-order chi connectivity index (χ0) is 10.3. The van der Waals surface area contributed by atoms with Crippen molar-refractivity contribution in [1.82, 2.24) is 5.32 Å². The third-order valence-electron chi connectivity index (χ3n) is 4.99. The molecule has 1 N–H and O–H groups in total. The van der Waals surface area contributed by atoms with Crippen molar-refractivity contribution in [3.05, 3.63) is 12.2 Å². The van der Waals surface area contributed by atoms with Gasteiger partial charge in [-0.1, -0.05) is 12.2 Å². The monoisotopic (exact) mass is 205 g/mol. The van der Waals surface area contributed by atoms with Gasteiger partial charge in [-0.25, -0.2) is 0 Å². The molecule has 0 amide bonds. The maximum absolute atomic E-state index is 4.35. The lowest BCUT2D eigenvalue weighted by Crippen LogP contribution is -2.52. The van der Waals surface area contributed by atoms with Crippen LogP contribution in [0.5, 0.6) is 0 Å². The molecule has 3 rings (SSSR count). The van der Waals surface area contributed by atoms with Crippen molar-refractivity contribution in [2.75, 3.05) is 6.54 Å². The molecule has 2 saturated carbocycles. The molecule has 15 heavy (non-hydrogen) atoms. The molecule has 1 heterocycles. The number of piperidine rings is 1. The summed E-state index contributed by atoms with van der Waals surface area (Å²) in [7, 11) is 0. The molecular formula is C14H23N. The number of rotatable bonds is 0. The molecule has 1 nitrogen and oxygen atoms in total. The third-order valence-corrected chi connectivity index (χ3v) is 4.99. The van der Waals surface area contributed by atoms with Gasteiger partial charge < -0.3 is 5.32 Å². The van der Waals surface area contributed by atoms with Crippen LogP contribution in [-0.4, -0.2) is 12.6 Å². The average molecular weight is 205 g/mol. The van der Waals surface area contributed by atoms with E-state index in [1.54, 1.807) is 5.57 Å². The minimum atomic E-state index is 0.797. The van der Waals surface area contributed by atoms with Gasteiger partial charge in [0, 0.05) is 6.04 Å². The van der Waals surface area contributed by atoms with E-state index in [0.29, 0.717) is 0 Å². The van der Waals surface area contributed by atoms with Crippen LogP contribution in [0.2, 0.25) is 0 Å². The number of hydrogen-bond acceptors (Lipinski definition) is 1. The largest absolute Gasteiger partial charge is 0.313 e. The summed E-state index contributed by atoms with van der Waals surface area (Å²) < 4.78 is 0. The van der Waals surface area contributed by atoms with Gasteiger partial charge in [0.1, 0.15) is 0 Å². The van der Waals surface area contributed by atoms with E-state index in [2.05, 4.69) is 11.9 Å². The Hall–Kier alpha value is -0.300. The average Bonchev–Trinajstić information content (AvgIpc) is 2.29. The first-order valence-electron chi connectivity index (χ1n) is 6.77. The summed E-state index contributed by atoms with van der Waals surface area (Å²) in [5, 5.41) is 3.79. The highest BCUT2D eigenvalue weighted by atomic mass is 14.9. The first-order chi connectivity index (χ1) is 7.36. The maximum Gasteiger partial charge on any atom is 0.0163 e. The van der Waals surface area contributed by atoms with Gasteiger partial charge in [0.15, 0.2) is 0 Å². The minimum absolute atomic E-state index is 0.797. The lowest BCUT2D eigenvalue weighted by atomic mass is 9.61. The van der Waals surface area contributed by atoms with Crippen molar-refractivity contribution >= 4 is 0 Å². The normalized spacial score (nSPS) is 45.7. The third kappa shape index (κ3) is 1.65. The molecule has 3 fully saturated rings. The highest BCUT2D eigenvalue weighted by Crippen LogP contribution is 2.46. The Kier molecular flexibility index (Phi) is 2.59. The van der Waals surface area contributed by atoms with E-state index < -0.39 is 0 Å². The van der Waals surface area contributed by atoms with Gasteiger partial charge in [0.2, 0.25) is 0 Å². The predicted octanol–water partition coefficient (Wildman–Crippen LogP) is 3.12. The quantitative estimate of drug-likeness (QED) is 0.599. The lowest BCUT2D eigenvalue weighted by molar-refractivity contribution is 0.0942. The molecule has 1 saturated heterocycles. The summed E-state index contributed by atoms with van der Waals surface area (Å²) in [6, 6.07) is 0.797. The van der Waals surface area contributed by atoms with E-state index in [4.69, 9.17) is 0 Å². The fourth-order valence-corrected chi connectivity index (χ4v) is 4.29. The highest BCUT2D eigenvalue weighted by Gasteiger charge is 2.42. The zero-order valence-corrected chi connectivity index (χ0v) is 9.67. The summed E-state index contributed by atoms with van der Waals surface area (Å²) >= 11 is 0. The molecule has 1 heteroatoms. The van der Waals surface area contributed by atoms with Crippen LogP contribution in [0.4, 0.5) is 0 Å². The van der Waals surface area contributed by atoms with Gasteiger partial charge in [-0.05, 0) is 69.2 Å². The molecule has 1 aliphatic heterocycles. The van der Waals surface area contributed by atoms with Crippen molar-refractivity contribution < 1.29 is 0 Å². The van der Waals surface area contributed by atoms with Crippen LogP contribution in [0.3, 0.4) is 0 Å². The molecule has 0 spiro atoms. The van der Waals surface area contributed by atoms with Crippen molar-refractivity contribution in [1.29, 1.82) is 0 Å². The van der Waals surface area contributed by atoms with E-state index in [0.717, 1.165) is 23.8 Å². The fraction of sp³-hybridized carbons (Fsp3) is 0.857. The predicted molar refractivity (Wildman–Crippen MR) is 63.7 cm³/mol. The van der Waals surface area contributed by atoms with Crippen molar-refractivity contribution in [3.8, 4) is 0 Å². The van der Waals surface area contributed by atoms with Crippen LogP contribution in [0.25, 0.3) is 0 Å². The van der Waals surface area contributed by atoms with Crippen LogP contribution in [0.15, 0.2) is 12.2 Å². The summed E-state index contributed by atoms with van der Waals surface area (Å²) in [4.78, 5) is 0. The van der Waals surface area contributed by atoms with Gasteiger partial charge in [-0.3, -0.25) is 0 Å². The Morgan fingerprint density at radius 3 is 2.73 bits per heavy atom. The first-order valence-corrected chi connectivity index (χ1v) is 6.77. The topological polar surface area (TPSA) is 12.0 Å². The van der Waals surface area contributed by atoms with Gasteiger partial charge >= 0.3 is 0 Å². The van der Waals surface area contributed by atoms with Gasteiger partial charge in [0.25, 0.3) is 0 Å². The second kappa shape index (κ2) is 3.93. The van der Waals surface area contributed by atoms with Crippen LogP contribution >= 0.6 is 0 Å². The summed E-state index contributed by atoms with van der Waals surface area (Å²) in [5.74, 6) is 2.77. The van der Waals surface area contributed by atoms with Crippen LogP contribution in [0.1, 0.15) is 44.9 Å². The zero-order valence-electron chi connectivity index (χ0n) is 9.67. The minimum Gasteiger partial charge on any atom is -0.313 e. The first kappa shape index (κ1) is 9.89. The summed E-state index contributed by atoms with van der Waals surface area (Å²) in [6.07, 6.45) is 9.98. The smallest absolute Gasteiger partial charge is 0.0163 e. The van der Waals surface area contributed by atoms with Crippen LogP contribution in [0, 0.1) is 17.8 Å². The highest BCUT2D eigenvalue weighted by molar-refractivity contribution is 5.13. The lowest BCUT2D eigenvalue weighted by Gasteiger charge is -2.49. The van der Waals surface area contributed by atoms with E-state index >= 15 is 0 Å². The van der Waals surface area contributed by atoms with E-state index in [-0.39, 0.29) is 0 Å². The van der Waals surface area contributed by atoms with Crippen molar-refractivity contribution in [2.45, 2.75) is 51.0 Å². The molecule has 0 bridgehead atoms. The Bertz CT molecular complexity index is 258. The molecule has 0 aromatic heterocycles. The van der Waals surface area contributed by atoms with Gasteiger partial charge in [-0.15, -0.1) is 0 Å². The number of nitrogens with one attached hydrogen (secondary N) is 1. The van der Waals surface area contributed by atoms with Gasteiger partial charge in [0.05, 0.1) is 0 Å². The summed E-state index contributed by atoms with van der Waals surface area (Å²) in [5.41, 5.74) is 1.57. The van der Waals surface area contributed by atoms with Gasteiger partial charge in [-0.2, -0.15) is 0 Å². The van der Waals surface area contributed by atoms with Crippen molar-refractivity contribution in [3.63, 3.8) is 0 Å². The maximum atomic E-state index is 4.35. The molecule has 0 aromatic rings. The summed E-state index contributed by atoms with van der Waals surface area (Å²) in [6.45, 7) is 5.60. The number of hydrogen-bond donors (Lipinski definition) is 1. The van der Waals surface area contributed by atoms with Crippen molar-refractivity contribution in [2.24, 2.45) is 17.8 Å². The second-order valence-corrected chi connectivity index (χ2v) is 5.80. The molecular weight excluding hydrogens is 182 g/mol. The molecule has 4 unspecified atom stereocenters. The van der Waals surface area contributed by atoms with Crippen LogP contribution in [-0.2, 0) is 0 Å². The SMILES string of the molecule is C=C1CCCC2CCC3CCCNC3C12. The molecule has 2 aliphatic carbocycles. The standard InChI is InChI=1S/C14H23N/c1-10-4-2-5-11-7-8-12-6-3-9-15-14(12)13(10)11/h11-15H,1-9H2. The Morgan fingerprint density at radius 1 is 1.00 bits per heavy atom. The van der Waals surface area contributed by atoms with E-state index in [1.807, 2.05) is 0 Å². The Labute approximate surface area is 93.3 Å².